The zero-order valence-electron chi connectivity index (χ0n) is 17.2. The molecular formula is C23H22N4O4. The number of nitrogens with zero attached hydrogens (tertiary/aromatic N) is 2. The van der Waals surface area contributed by atoms with Crippen LogP contribution in [0.5, 0.6) is 0 Å². The Hall–Kier alpha value is -3.94. The number of amides is 5. The smallest absolute Gasteiger partial charge is 0.318 e. The van der Waals surface area contributed by atoms with E-state index in [-0.39, 0.29) is 12.3 Å². The van der Waals surface area contributed by atoms with Gasteiger partial charge in [0.2, 0.25) is 11.8 Å². The molecule has 0 bridgehead atoms. The highest BCUT2D eigenvalue weighted by molar-refractivity contribution is 6.08. The Balaban J connectivity index is 1.53. The van der Waals surface area contributed by atoms with Gasteiger partial charge in [-0.2, -0.15) is 5.01 Å². The van der Waals surface area contributed by atoms with E-state index in [0.29, 0.717) is 10.6 Å². The second-order valence-corrected chi connectivity index (χ2v) is 7.69. The molecule has 0 saturated carbocycles. The molecule has 0 aromatic heterocycles. The number of benzene rings is 2. The van der Waals surface area contributed by atoms with Gasteiger partial charge in [0, 0.05) is 13.1 Å². The number of carbonyl (C=O) groups is 4. The largest absolute Gasteiger partial charge is 0.344 e. The molecule has 2 N–H and O–H groups in total. The molecule has 31 heavy (non-hydrogen) atoms. The van der Waals surface area contributed by atoms with Crippen LogP contribution in [0.4, 0.5) is 4.79 Å². The molecule has 2 atom stereocenters. The summed E-state index contributed by atoms with van der Waals surface area (Å²) >= 11 is 0. The molecular weight excluding hydrogens is 396 g/mol. The molecule has 2 heterocycles. The standard InChI is InChI=1S/C23H22N4O4/c1-15(28)26-13-12-16-8-6-7-11-18(16)19(26)14-20(29)25-27-21(30)23(2,24-22(27)31)17-9-4-3-5-10-17/h3-13,19H,14H2,1-2H3,(H,24,31)(H,25,29)/t19-,23-/m1/s1. The normalized spacial score (nSPS) is 22.2. The fraction of sp³-hybridized carbons (Fsp3) is 0.217. The zero-order valence-corrected chi connectivity index (χ0v) is 17.2. The summed E-state index contributed by atoms with van der Waals surface area (Å²) in [5, 5.41) is 3.35. The van der Waals surface area contributed by atoms with Gasteiger partial charge in [0.05, 0.1) is 12.5 Å². The molecule has 1 saturated heterocycles. The molecule has 0 unspecified atom stereocenters. The summed E-state index contributed by atoms with van der Waals surface area (Å²) in [6.07, 6.45) is 3.34. The van der Waals surface area contributed by atoms with E-state index in [1.807, 2.05) is 36.4 Å². The molecule has 5 amide bonds. The van der Waals surface area contributed by atoms with Crippen LogP contribution >= 0.6 is 0 Å². The highest BCUT2D eigenvalue weighted by Crippen LogP contribution is 2.33. The van der Waals surface area contributed by atoms with Crippen molar-refractivity contribution in [2.24, 2.45) is 0 Å². The number of hydrogen-bond donors (Lipinski definition) is 2. The third kappa shape index (κ3) is 3.56. The number of imide groups is 1. The molecule has 2 aromatic rings. The molecule has 8 heteroatoms. The first-order valence-corrected chi connectivity index (χ1v) is 9.89. The number of urea groups is 1. The third-order valence-corrected chi connectivity index (χ3v) is 5.63. The maximum atomic E-state index is 13.0. The van der Waals surface area contributed by atoms with Crippen molar-refractivity contribution in [1.29, 1.82) is 0 Å². The fourth-order valence-electron chi connectivity index (χ4n) is 3.97. The van der Waals surface area contributed by atoms with E-state index in [0.717, 1.165) is 11.1 Å². The number of carbonyl (C=O) groups excluding carboxylic acids is 4. The van der Waals surface area contributed by atoms with Gasteiger partial charge in [0.25, 0.3) is 5.91 Å². The lowest BCUT2D eigenvalue weighted by Crippen LogP contribution is -2.48. The first-order chi connectivity index (χ1) is 14.8. The van der Waals surface area contributed by atoms with Crippen molar-refractivity contribution in [3.63, 3.8) is 0 Å². The van der Waals surface area contributed by atoms with Crippen LogP contribution in [0.2, 0.25) is 0 Å². The second-order valence-electron chi connectivity index (χ2n) is 7.69. The van der Waals surface area contributed by atoms with Crippen LogP contribution in [0.3, 0.4) is 0 Å². The third-order valence-electron chi connectivity index (χ3n) is 5.63. The molecule has 4 rings (SSSR count). The highest BCUT2D eigenvalue weighted by Gasteiger charge is 2.50. The summed E-state index contributed by atoms with van der Waals surface area (Å²) in [7, 11) is 0. The van der Waals surface area contributed by atoms with Gasteiger partial charge >= 0.3 is 6.03 Å². The number of hydrazine groups is 1. The van der Waals surface area contributed by atoms with Crippen molar-refractivity contribution < 1.29 is 19.2 Å². The Kier molecular flexibility index (Phi) is 5.06. The van der Waals surface area contributed by atoms with Crippen molar-refractivity contribution in [2.45, 2.75) is 31.8 Å². The first-order valence-electron chi connectivity index (χ1n) is 9.89. The maximum absolute atomic E-state index is 13.0. The minimum atomic E-state index is -1.28. The van der Waals surface area contributed by atoms with Gasteiger partial charge in [0.15, 0.2) is 0 Å². The SMILES string of the molecule is CC(=O)N1C=Cc2ccccc2[C@H]1CC(=O)NN1C(=O)N[C@](C)(c2ccccc2)C1=O. The Morgan fingerprint density at radius 2 is 1.74 bits per heavy atom. The summed E-state index contributed by atoms with van der Waals surface area (Å²) < 4.78 is 0. The summed E-state index contributed by atoms with van der Waals surface area (Å²) in [6, 6.07) is 15.0. The fourth-order valence-corrected chi connectivity index (χ4v) is 3.97. The van der Waals surface area contributed by atoms with Crippen molar-refractivity contribution in [3.8, 4) is 0 Å². The summed E-state index contributed by atoms with van der Waals surface area (Å²) in [4.78, 5) is 51.9. The van der Waals surface area contributed by atoms with E-state index in [1.54, 1.807) is 37.4 Å². The van der Waals surface area contributed by atoms with Crippen LogP contribution in [-0.2, 0) is 19.9 Å². The summed E-state index contributed by atoms with van der Waals surface area (Å²) in [6.45, 7) is 3.01. The first kappa shape index (κ1) is 20.3. The monoisotopic (exact) mass is 418 g/mol. The van der Waals surface area contributed by atoms with E-state index in [2.05, 4.69) is 10.7 Å². The van der Waals surface area contributed by atoms with Gasteiger partial charge in [-0.25, -0.2) is 4.79 Å². The van der Waals surface area contributed by atoms with Crippen LogP contribution in [0.1, 0.15) is 43.0 Å². The topological polar surface area (TPSA) is 98.8 Å². The van der Waals surface area contributed by atoms with Crippen molar-refractivity contribution in [3.05, 3.63) is 77.5 Å². The summed E-state index contributed by atoms with van der Waals surface area (Å²) in [5.74, 6) is -1.35. The number of hydrogen-bond acceptors (Lipinski definition) is 4. The molecule has 0 aliphatic carbocycles. The Morgan fingerprint density at radius 1 is 1.06 bits per heavy atom. The lowest BCUT2D eigenvalue weighted by molar-refractivity contribution is -0.140. The Bertz CT molecular complexity index is 1100. The van der Waals surface area contributed by atoms with Crippen LogP contribution in [0, 0.1) is 0 Å². The van der Waals surface area contributed by atoms with E-state index in [9.17, 15) is 19.2 Å². The van der Waals surface area contributed by atoms with Crippen molar-refractivity contribution in [1.82, 2.24) is 20.7 Å². The molecule has 2 aromatic carbocycles. The van der Waals surface area contributed by atoms with E-state index in [1.165, 1.54) is 11.8 Å². The van der Waals surface area contributed by atoms with Gasteiger partial charge in [-0.05, 0) is 29.7 Å². The quantitative estimate of drug-likeness (QED) is 0.745. The molecule has 2 aliphatic rings. The second kappa shape index (κ2) is 7.71. The number of nitrogens with one attached hydrogen (secondary N) is 2. The van der Waals surface area contributed by atoms with Gasteiger partial charge in [-0.15, -0.1) is 0 Å². The van der Waals surface area contributed by atoms with E-state index in [4.69, 9.17) is 0 Å². The van der Waals surface area contributed by atoms with Crippen LogP contribution in [0.15, 0.2) is 60.8 Å². The maximum Gasteiger partial charge on any atom is 0.344 e. The number of rotatable bonds is 4. The predicted molar refractivity (Wildman–Crippen MR) is 113 cm³/mol. The van der Waals surface area contributed by atoms with Gasteiger partial charge in [-0.3, -0.25) is 19.8 Å². The Morgan fingerprint density at radius 3 is 2.45 bits per heavy atom. The average Bonchev–Trinajstić information content (AvgIpc) is 2.98. The summed E-state index contributed by atoms with van der Waals surface area (Å²) in [5.41, 5.74) is 3.47. The molecule has 8 nitrogen and oxygen atoms in total. The van der Waals surface area contributed by atoms with Crippen molar-refractivity contribution >= 4 is 29.8 Å². The lowest BCUT2D eigenvalue weighted by Gasteiger charge is -2.32. The van der Waals surface area contributed by atoms with Crippen LogP contribution in [0.25, 0.3) is 6.08 Å². The minimum absolute atomic E-state index is 0.111. The van der Waals surface area contributed by atoms with Crippen molar-refractivity contribution in [2.75, 3.05) is 0 Å². The van der Waals surface area contributed by atoms with Gasteiger partial charge in [0.1, 0.15) is 5.54 Å². The average molecular weight is 418 g/mol. The minimum Gasteiger partial charge on any atom is -0.318 e. The van der Waals surface area contributed by atoms with Crippen LogP contribution < -0.4 is 10.7 Å². The number of fused-ring (bicyclic) bond motifs is 1. The zero-order chi connectivity index (χ0) is 22.2. The van der Waals surface area contributed by atoms with E-state index < -0.39 is 29.4 Å². The molecule has 1 fully saturated rings. The van der Waals surface area contributed by atoms with Gasteiger partial charge in [-0.1, -0.05) is 54.6 Å². The van der Waals surface area contributed by atoms with Gasteiger partial charge < -0.3 is 10.2 Å². The van der Waals surface area contributed by atoms with Crippen LogP contribution in [-0.4, -0.2) is 33.7 Å². The van der Waals surface area contributed by atoms with E-state index >= 15 is 0 Å². The Labute approximate surface area is 179 Å². The predicted octanol–water partition coefficient (Wildman–Crippen LogP) is 2.45. The highest BCUT2D eigenvalue weighted by atomic mass is 16.2. The molecule has 0 radical (unpaired) electrons. The molecule has 0 spiro atoms. The lowest BCUT2D eigenvalue weighted by atomic mass is 9.92. The molecule has 158 valence electrons. The molecule has 2 aliphatic heterocycles.